The van der Waals surface area contributed by atoms with Crippen molar-refractivity contribution in [3.63, 3.8) is 0 Å². The fourth-order valence-corrected chi connectivity index (χ4v) is 9.87. The standard InChI is InChI=1S/C27H26Cl2N2O4S2/c1-34-19-8-5-14(10-20(19)35-2)23-22-13-3-4-15(9-13)24(22)36-26-25(23)37-27(33)31(26)12-21(32)30-16-6-7-17(28)18(29)11-16/h5-8,10-11,13,15,22-24H,3-4,9,12H2,1-2H3,(H,30,32)/t13-,15-,22-,23-,24+/m0/s1. The van der Waals surface area contributed by atoms with Gasteiger partial charge in [0, 0.05) is 21.7 Å². The lowest BCUT2D eigenvalue weighted by molar-refractivity contribution is -0.116. The van der Waals surface area contributed by atoms with Crippen LogP contribution < -0.4 is 19.7 Å². The van der Waals surface area contributed by atoms with Crippen LogP contribution in [0.1, 0.15) is 35.6 Å². The van der Waals surface area contributed by atoms with Gasteiger partial charge in [-0.3, -0.25) is 14.2 Å². The van der Waals surface area contributed by atoms with Gasteiger partial charge in [0.25, 0.3) is 0 Å². The summed E-state index contributed by atoms with van der Waals surface area (Å²) in [7, 11) is 3.28. The Morgan fingerprint density at radius 1 is 1.05 bits per heavy atom. The van der Waals surface area contributed by atoms with Crippen molar-refractivity contribution in [2.45, 2.75) is 42.0 Å². The first-order chi connectivity index (χ1) is 17.9. The van der Waals surface area contributed by atoms with E-state index in [0.29, 0.717) is 50.2 Å². The van der Waals surface area contributed by atoms with Gasteiger partial charge in [-0.1, -0.05) is 40.6 Å². The number of methoxy groups -OCH3 is 2. The maximum absolute atomic E-state index is 13.3. The van der Waals surface area contributed by atoms with Crippen molar-refractivity contribution in [3.8, 4) is 11.5 Å². The molecule has 3 aliphatic rings. The Bertz CT molecular complexity index is 1440. The molecule has 2 bridgehead atoms. The molecule has 10 heteroatoms. The molecule has 6 nitrogen and oxygen atoms in total. The summed E-state index contributed by atoms with van der Waals surface area (Å²) in [6.07, 6.45) is 3.72. The molecule has 2 heterocycles. The molecule has 0 radical (unpaired) electrons. The predicted octanol–water partition coefficient (Wildman–Crippen LogP) is 6.52. The van der Waals surface area contributed by atoms with Crippen LogP contribution in [0.5, 0.6) is 11.5 Å². The highest BCUT2D eigenvalue weighted by Crippen LogP contribution is 2.64. The molecule has 1 N–H and O–H groups in total. The molecule has 0 unspecified atom stereocenters. The summed E-state index contributed by atoms with van der Waals surface area (Å²) in [5.41, 5.74) is 1.68. The SMILES string of the molecule is COc1ccc([C@@H]2c3sc(=O)n(CC(=O)Nc4ccc(Cl)c(Cl)c4)c3S[C@@H]3[C@H]4CC[C@@H](C4)[C@@H]23)cc1OC. The molecule has 0 spiro atoms. The monoisotopic (exact) mass is 576 g/mol. The minimum atomic E-state index is -0.278. The van der Waals surface area contributed by atoms with Crippen LogP contribution in [0.15, 0.2) is 46.2 Å². The Balaban J connectivity index is 1.37. The summed E-state index contributed by atoms with van der Waals surface area (Å²) in [5, 5.41) is 4.99. The van der Waals surface area contributed by atoms with Gasteiger partial charge in [0.1, 0.15) is 6.54 Å². The summed E-state index contributed by atoms with van der Waals surface area (Å²) in [4.78, 5) is 27.2. The van der Waals surface area contributed by atoms with Crippen molar-refractivity contribution < 1.29 is 14.3 Å². The van der Waals surface area contributed by atoms with Crippen LogP contribution >= 0.6 is 46.3 Å². The van der Waals surface area contributed by atoms with Gasteiger partial charge in [0.05, 0.1) is 29.3 Å². The van der Waals surface area contributed by atoms with E-state index in [0.717, 1.165) is 15.5 Å². The Hall–Kier alpha value is -2.13. The molecule has 2 aromatic carbocycles. The number of thiazole rings is 1. The Labute approximate surface area is 233 Å². The molecular formula is C27H26Cl2N2O4S2. The fraction of sp³-hybridized carbons (Fsp3) is 0.407. The van der Waals surface area contributed by atoms with E-state index in [1.165, 1.54) is 30.6 Å². The zero-order chi connectivity index (χ0) is 25.8. The normalized spacial score (nSPS) is 25.5. The molecule has 6 rings (SSSR count). The average molecular weight is 578 g/mol. The number of hydrogen-bond acceptors (Lipinski definition) is 6. The molecule has 2 fully saturated rings. The number of fused-ring (bicyclic) bond motifs is 6. The quantitative estimate of drug-likeness (QED) is 0.361. The molecule has 1 amide bonds. The van der Waals surface area contributed by atoms with Crippen molar-refractivity contribution in [1.82, 2.24) is 4.57 Å². The van der Waals surface area contributed by atoms with Crippen molar-refractivity contribution >= 4 is 57.9 Å². The van der Waals surface area contributed by atoms with Crippen LogP contribution in [0.3, 0.4) is 0 Å². The van der Waals surface area contributed by atoms with E-state index in [2.05, 4.69) is 17.4 Å². The van der Waals surface area contributed by atoms with Crippen LogP contribution in [0, 0.1) is 17.8 Å². The van der Waals surface area contributed by atoms with Gasteiger partial charge in [-0.15, -0.1) is 11.8 Å². The van der Waals surface area contributed by atoms with Gasteiger partial charge in [-0.25, -0.2) is 0 Å². The molecular weight excluding hydrogens is 551 g/mol. The van der Waals surface area contributed by atoms with Crippen LogP contribution in [0.4, 0.5) is 5.69 Å². The zero-order valence-corrected chi connectivity index (χ0v) is 23.5. The van der Waals surface area contributed by atoms with E-state index >= 15 is 0 Å². The highest BCUT2D eigenvalue weighted by molar-refractivity contribution is 8.00. The molecule has 194 valence electrons. The number of rotatable bonds is 6. The number of aromatic nitrogens is 1. The number of nitrogens with zero attached hydrogens (tertiary/aromatic N) is 1. The van der Waals surface area contributed by atoms with E-state index in [1.807, 2.05) is 6.07 Å². The number of thioether (sulfide) groups is 1. The van der Waals surface area contributed by atoms with Gasteiger partial charge in [-0.05, 0) is 72.9 Å². The second-order valence-corrected chi connectivity index (χ2v) is 12.9. The van der Waals surface area contributed by atoms with Gasteiger partial charge in [-0.2, -0.15) is 0 Å². The third kappa shape index (κ3) is 4.36. The topological polar surface area (TPSA) is 69.6 Å². The first-order valence-electron chi connectivity index (χ1n) is 12.2. The van der Waals surface area contributed by atoms with Crippen molar-refractivity contribution in [1.29, 1.82) is 0 Å². The Morgan fingerprint density at radius 3 is 2.59 bits per heavy atom. The van der Waals surface area contributed by atoms with Crippen LogP contribution in [0.25, 0.3) is 0 Å². The van der Waals surface area contributed by atoms with E-state index in [1.54, 1.807) is 48.7 Å². The van der Waals surface area contributed by atoms with Gasteiger partial charge in [0.2, 0.25) is 5.91 Å². The van der Waals surface area contributed by atoms with E-state index in [4.69, 9.17) is 32.7 Å². The number of hydrogen-bond donors (Lipinski definition) is 1. The summed E-state index contributed by atoms with van der Waals surface area (Å²) in [6.45, 7) is -0.0535. The number of nitrogens with one attached hydrogen (secondary N) is 1. The first kappa shape index (κ1) is 25.2. The maximum atomic E-state index is 13.3. The van der Waals surface area contributed by atoms with Gasteiger partial charge in [0.15, 0.2) is 11.5 Å². The lowest BCUT2D eigenvalue weighted by Gasteiger charge is -2.40. The molecule has 2 aliphatic carbocycles. The largest absolute Gasteiger partial charge is 0.493 e. The molecule has 3 aromatic rings. The minimum Gasteiger partial charge on any atom is -0.493 e. The molecule has 1 aromatic heterocycles. The molecule has 2 saturated carbocycles. The molecule has 37 heavy (non-hydrogen) atoms. The minimum absolute atomic E-state index is 0.0535. The van der Waals surface area contributed by atoms with Crippen molar-refractivity contribution in [2.24, 2.45) is 17.8 Å². The molecule has 0 saturated heterocycles. The predicted molar refractivity (Wildman–Crippen MR) is 149 cm³/mol. The Kier molecular flexibility index (Phi) is 6.72. The number of anilines is 1. The maximum Gasteiger partial charge on any atom is 0.308 e. The number of halogens is 2. The number of ether oxygens (including phenoxy) is 2. The number of benzene rings is 2. The summed E-state index contributed by atoms with van der Waals surface area (Å²) in [6, 6.07) is 11.0. The average Bonchev–Trinajstić information content (AvgIpc) is 3.59. The number of carbonyl (C=O) groups excluding carboxylic acids is 1. The number of carbonyl (C=O) groups is 1. The zero-order valence-electron chi connectivity index (χ0n) is 20.3. The van der Waals surface area contributed by atoms with Crippen LogP contribution in [0.2, 0.25) is 10.0 Å². The summed E-state index contributed by atoms with van der Waals surface area (Å²) < 4.78 is 12.7. The molecule has 1 aliphatic heterocycles. The van der Waals surface area contributed by atoms with Crippen molar-refractivity contribution in [3.05, 3.63) is 66.6 Å². The van der Waals surface area contributed by atoms with Crippen LogP contribution in [-0.4, -0.2) is 29.9 Å². The van der Waals surface area contributed by atoms with Crippen LogP contribution in [-0.2, 0) is 11.3 Å². The van der Waals surface area contributed by atoms with Gasteiger partial charge < -0.3 is 14.8 Å². The second-order valence-electron chi connectivity index (χ2n) is 9.89. The highest BCUT2D eigenvalue weighted by atomic mass is 35.5. The van der Waals surface area contributed by atoms with E-state index in [-0.39, 0.29) is 23.2 Å². The summed E-state index contributed by atoms with van der Waals surface area (Å²) in [5.74, 6) is 2.94. The van der Waals surface area contributed by atoms with E-state index < -0.39 is 0 Å². The lowest BCUT2D eigenvalue weighted by Crippen LogP contribution is -2.34. The third-order valence-electron chi connectivity index (χ3n) is 7.96. The number of amides is 1. The van der Waals surface area contributed by atoms with E-state index in [9.17, 15) is 9.59 Å². The lowest BCUT2D eigenvalue weighted by atomic mass is 9.75. The highest BCUT2D eigenvalue weighted by Gasteiger charge is 2.55. The first-order valence-corrected chi connectivity index (χ1v) is 14.7. The Morgan fingerprint density at radius 2 is 1.84 bits per heavy atom. The third-order valence-corrected chi connectivity index (χ3v) is 11.5. The van der Waals surface area contributed by atoms with Gasteiger partial charge >= 0.3 is 4.87 Å². The van der Waals surface area contributed by atoms with Crippen molar-refractivity contribution in [2.75, 3.05) is 19.5 Å². The molecule has 5 atom stereocenters. The fourth-order valence-electron chi connectivity index (χ4n) is 6.42. The second kappa shape index (κ2) is 9.88. The smallest absolute Gasteiger partial charge is 0.308 e. The summed E-state index contributed by atoms with van der Waals surface area (Å²) >= 11 is 15.2.